The number of rotatable bonds is 5. The molecule has 1 N–H and O–H groups in total. The van der Waals surface area contributed by atoms with Crippen LogP contribution in [0.4, 0.5) is 10.1 Å². The van der Waals surface area contributed by atoms with Gasteiger partial charge in [-0.15, -0.1) is 5.10 Å². The second-order valence-electron chi connectivity index (χ2n) is 7.82. The van der Waals surface area contributed by atoms with Gasteiger partial charge in [-0.25, -0.2) is 9.37 Å². The number of aromatic hydroxyl groups is 1. The summed E-state index contributed by atoms with van der Waals surface area (Å²) in [7, 11) is 1.65. The summed E-state index contributed by atoms with van der Waals surface area (Å²) in [4.78, 5) is 10.6. The standard InChI is InChI=1S/C23H24FN5O2S/c1-15-25-23-29(26-15)22(30)21(32-23)20(16-3-9-19(31-2)10-4-16)28-13-11-27(12-14-28)18-7-5-17(24)6-8-18/h3-10,20,30H,11-14H2,1-2H3. The highest BCUT2D eigenvalue weighted by Crippen LogP contribution is 2.40. The molecule has 5 rings (SSSR count). The molecule has 9 heteroatoms. The first kappa shape index (κ1) is 20.7. The first-order valence-electron chi connectivity index (χ1n) is 10.5. The number of ether oxygens (including phenoxy) is 1. The minimum atomic E-state index is -0.228. The fraction of sp³-hybridized carbons (Fsp3) is 0.304. The van der Waals surface area contributed by atoms with Crippen molar-refractivity contribution in [1.29, 1.82) is 0 Å². The largest absolute Gasteiger partial charge is 0.497 e. The Labute approximate surface area is 189 Å². The number of hydrogen-bond acceptors (Lipinski definition) is 7. The zero-order chi connectivity index (χ0) is 22.2. The van der Waals surface area contributed by atoms with E-state index in [0.29, 0.717) is 10.8 Å². The molecule has 1 aliphatic heterocycles. The van der Waals surface area contributed by atoms with E-state index < -0.39 is 0 Å². The van der Waals surface area contributed by atoms with E-state index in [-0.39, 0.29) is 17.7 Å². The van der Waals surface area contributed by atoms with E-state index in [1.807, 2.05) is 43.3 Å². The van der Waals surface area contributed by atoms with Crippen LogP contribution in [0, 0.1) is 12.7 Å². The SMILES string of the molecule is COc1ccc(C(c2sc3nc(C)nn3c2O)N2CCN(c3ccc(F)cc3)CC2)cc1. The normalized spacial score (nSPS) is 15.9. The van der Waals surface area contributed by atoms with Gasteiger partial charge in [-0.05, 0) is 48.9 Å². The van der Waals surface area contributed by atoms with Crippen LogP contribution in [-0.2, 0) is 0 Å². The highest BCUT2D eigenvalue weighted by atomic mass is 32.1. The molecule has 4 aromatic rings. The summed E-state index contributed by atoms with van der Waals surface area (Å²) in [5.74, 6) is 1.32. The number of aryl methyl sites for hydroxylation is 1. The minimum absolute atomic E-state index is 0.132. The first-order valence-corrected chi connectivity index (χ1v) is 11.3. The molecule has 0 radical (unpaired) electrons. The van der Waals surface area contributed by atoms with Crippen LogP contribution in [0.15, 0.2) is 48.5 Å². The predicted octanol–water partition coefficient (Wildman–Crippen LogP) is 3.86. The molecule has 1 atom stereocenters. The third kappa shape index (κ3) is 3.78. The quantitative estimate of drug-likeness (QED) is 0.495. The lowest BCUT2D eigenvalue weighted by molar-refractivity contribution is 0.211. The number of hydrogen-bond donors (Lipinski definition) is 1. The average molecular weight is 454 g/mol. The Morgan fingerprint density at radius 2 is 1.72 bits per heavy atom. The average Bonchev–Trinajstić information content (AvgIpc) is 3.32. The van der Waals surface area contributed by atoms with Crippen molar-refractivity contribution in [3.8, 4) is 11.6 Å². The van der Waals surface area contributed by atoms with Crippen LogP contribution in [0.2, 0.25) is 0 Å². The van der Waals surface area contributed by atoms with Gasteiger partial charge >= 0.3 is 0 Å². The highest BCUT2D eigenvalue weighted by Gasteiger charge is 2.31. The Kier molecular flexibility index (Phi) is 5.44. The van der Waals surface area contributed by atoms with Gasteiger partial charge in [0, 0.05) is 31.9 Å². The van der Waals surface area contributed by atoms with Crippen molar-refractivity contribution in [3.05, 3.63) is 70.6 Å². The molecule has 1 aliphatic rings. The van der Waals surface area contributed by atoms with Gasteiger partial charge in [-0.3, -0.25) is 4.90 Å². The molecule has 2 aromatic carbocycles. The third-order valence-electron chi connectivity index (χ3n) is 5.86. The Bertz CT molecular complexity index is 1210. The van der Waals surface area contributed by atoms with Crippen LogP contribution in [0.3, 0.4) is 0 Å². The number of halogens is 1. The predicted molar refractivity (Wildman–Crippen MR) is 122 cm³/mol. The van der Waals surface area contributed by atoms with Gasteiger partial charge in [0.15, 0.2) is 0 Å². The molecule has 0 aliphatic carbocycles. The fourth-order valence-corrected chi connectivity index (χ4v) is 5.39. The smallest absolute Gasteiger partial charge is 0.230 e. The van der Waals surface area contributed by atoms with Crippen LogP contribution in [0.5, 0.6) is 11.6 Å². The molecule has 2 aromatic heterocycles. The summed E-state index contributed by atoms with van der Waals surface area (Å²) in [5, 5.41) is 15.3. The molecule has 1 saturated heterocycles. The van der Waals surface area contributed by atoms with Crippen molar-refractivity contribution >= 4 is 22.0 Å². The van der Waals surface area contributed by atoms with Gasteiger partial charge < -0.3 is 14.7 Å². The zero-order valence-electron chi connectivity index (χ0n) is 17.9. The molecule has 0 amide bonds. The molecule has 32 heavy (non-hydrogen) atoms. The molecular formula is C23H24FN5O2S. The summed E-state index contributed by atoms with van der Waals surface area (Å²) < 4.78 is 20.1. The number of benzene rings is 2. The number of nitrogens with zero attached hydrogens (tertiary/aromatic N) is 5. The van der Waals surface area contributed by atoms with Crippen LogP contribution < -0.4 is 9.64 Å². The number of anilines is 1. The van der Waals surface area contributed by atoms with Crippen molar-refractivity contribution in [1.82, 2.24) is 19.5 Å². The minimum Gasteiger partial charge on any atom is -0.497 e. The monoisotopic (exact) mass is 453 g/mol. The summed E-state index contributed by atoms with van der Waals surface area (Å²) in [6.07, 6.45) is 0. The van der Waals surface area contributed by atoms with Crippen molar-refractivity contribution in [2.75, 3.05) is 38.2 Å². The molecule has 166 valence electrons. The summed E-state index contributed by atoms with van der Waals surface area (Å²) in [6, 6.07) is 14.5. The van der Waals surface area contributed by atoms with E-state index in [1.54, 1.807) is 7.11 Å². The Hall–Kier alpha value is -3.17. The molecule has 1 unspecified atom stereocenters. The van der Waals surface area contributed by atoms with Gasteiger partial charge in [0.05, 0.1) is 18.0 Å². The first-order chi connectivity index (χ1) is 15.5. The van der Waals surface area contributed by atoms with Crippen molar-refractivity contribution in [3.63, 3.8) is 0 Å². The molecular weight excluding hydrogens is 429 g/mol. The number of thiazole rings is 1. The van der Waals surface area contributed by atoms with E-state index in [2.05, 4.69) is 19.9 Å². The third-order valence-corrected chi connectivity index (χ3v) is 6.93. The van der Waals surface area contributed by atoms with E-state index in [4.69, 9.17) is 4.74 Å². The van der Waals surface area contributed by atoms with Gasteiger partial charge in [-0.1, -0.05) is 23.5 Å². The van der Waals surface area contributed by atoms with Gasteiger partial charge in [0.2, 0.25) is 10.8 Å². The lowest BCUT2D eigenvalue weighted by Gasteiger charge is -2.40. The second kappa shape index (κ2) is 8.40. The van der Waals surface area contributed by atoms with E-state index >= 15 is 0 Å². The molecule has 0 bridgehead atoms. The zero-order valence-corrected chi connectivity index (χ0v) is 18.7. The summed E-state index contributed by atoms with van der Waals surface area (Å²) in [6.45, 7) is 5.01. The maximum Gasteiger partial charge on any atom is 0.230 e. The second-order valence-corrected chi connectivity index (χ2v) is 8.83. The van der Waals surface area contributed by atoms with Crippen molar-refractivity contribution in [2.24, 2.45) is 0 Å². The van der Waals surface area contributed by atoms with E-state index in [1.165, 1.54) is 28.0 Å². The topological polar surface area (TPSA) is 66.1 Å². The van der Waals surface area contributed by atoms with Crippen LogP contribution in [0.25, 0.3) is 4.96 Å². The van der Waals surface area contributed by atoms with Gasteiger partial charge in [-0.2, -0.15) is 4.52 Å². The van der Waals surface area contributed by atoms with Crippen LogP contribution in [0.1, 0.15) is 22.3 Å². The Morgan fingerprint density at radius 3 is 2.34 bits per heavy atom. The fourth-order valence-electron chi connectivity index (χ4n) is 4.23. The summed E-state index contributed by atoms with van der Waals surface area (Å²) >= 11 is 1.46. The number of fused-ring (bicyclic) bond motifs is 1. The number of methoxy groups -OCH3 is 1. The molecule has 7 nitrogen and oxygen atoms in total. The van der Waals surface area contributed by atoms with Gasteiger partial charge in [0.1, 0.15) is 17.4 Å². The van der Waals surface area contributed by atoms with Crippen molar-refractivity contribution in [2.45, 2.75) is 13.0 Å². The van der Waals surface area contributed by atoms with Crippen LogP contribution >= 0.6 is 11.3 Å². The molecule has 1 fully saturated rings. The Balaban J connectivity index is 1.46. The molecule has 0 saturated carbocycles. The van der Waals surface area contributed by atoms with Crippen LogP contribution in [-0.4, -0.2) is 57.9 Å². The van der Waals surface area contributed by atoms with Crippen molar-refractivity contribution < 1.29 is 14.2 Å². The maximum atomic E-state index is 13.3. The van der Waals surface area contributed by atoms with E-state index in [9.17, 15) is 9.50 Å². The number of piperazine rings is 1. The Morgan fingerprint density at radius 1 is 1.03 bits per heavy atom. The number of aromatic nitrogens is 3. The lowest BCUT2D eigenvalue weighted by atomic mass is 10.0. The van der Waals surface area contributed by atoms with Gasteiger partial charge in [0.25, 0.3) is 0 Å². The maximum absolute atomic E-state index is 13.3. The lowest BCUT2D eigenvalue weighted by Crippen LogP contribution is -2.47. The highest BCUT2D eigenvalue weighted by molar-refractivity contribution is 7.17. The molecule has 3 heterocycles. The molecule has 0 spiro atoms. The van der Waals surface area contributed by atoms with E-state index in [0.717, 1.165) is 48.1 Å². The summed E-state index contributed by atoms with van der Waals surface area (Å²) in [5.41, 5.74) is 2.08.